The van der Waals surface area contributed by atoms with Crippen LogP contribution < -0.4 is 0 Å². The van der Waals surface area contributed by atoms with Crippen molar-refractivity contribution in [2.45, 2.75) is 25.3 Å². The van der Waals surface area contributed by atoms with Gasteiger partial charge in [0, 0.05) is 31.1 Å². The predicted molar refractivity (Wildman–Crippen MR) is 93.8 cm³/mol. The van der Waals surface area contributed by atoms with Gasteiger partial charge in [0.2, 0.25) is 0 Å². The van der Waals surface area contributed by atoms with E-state index in [9.17, 15) is 9.18 Å². The van der Waals surface area contributed by atoms with Gasteiger partial charge in [-0.15, -0.1) is 11.3 Å². The number of aromatic nitrogens is 1. The van der Waals surface area contributed by atoms with Gasteiger partial charge in [0.15, 0.2) is 0 Å². The maximum absolute atomic E-state index is 14.0. The second-order valence-electron chi connectivity index (χ2n) is 6.46. The van der Waals surface area contributed by atoms with E-state index in [4.69, 9.17) is 0 Å². The van der Waals surface area contributed by atoms with Crippen molar-refractivity contribution in [1.29, 1.82) is 0 Å². The van der Waals surface area contributed by atoms with Crippen LogP contribution in [-0.4, -0.2) is 47.9 Å². The van der Waals surface area contributed by atoms with E-state index < -0.39 is 0 Å². The van der Waals surface area contributed by atoms with Gasteiger partial charge in [0.25, 0.3) is 5.91 Å². The van der Waals surface area contributed by atoms with E-state index in [1.807, 2.05) is 19.0 Å². The first-order valence-corrected chi connectivity index (χ1v) is 9.05. The van der Waals surface area contributed by atoms with Gasteiger partial charge in [0.1, 0.15) is 10.7 Å². The number of halogens is 1. The zero-order valence-corrected chi connectivity index (χ0v) is 14.9. The molecule has 1 aliphatic carbocycles. The fourth-order valence-corrected chi connectivity index (χ4v) is 3.45. The molecule has 0 saturated heterocycles. The lowest BCUT2D eigenvalue weighted by Crippen LogP contribution is -2.36. The van der Waals surface area contributed by atoms with Gasteiger partial charge in [-0.3, -0.25) is 4.79 Å². The van der Waals surface area contributed by atoms with Crippen LogP contribution in [0.4, 0.5) is 4.39 Å². The summed E-state index contributed by atoms with van der Waals surface area (Å²) in [6.07, 6.45) is 2.21. The molecule has 1 fully saturated rings. The molecule has 0 aliphatic heterocycles. The lowest BCUT2D eigenvalue weighted by molar-refractivity contribution is 0.0734. The quantitative estimate of drug-likeness (QED) is 0.770. The van der Waals surface area contributed by atoms with Crippen molar-refractivity contribution < 1.29 is 9.18 Å². The average Bonchev–Trinajstić information content (AvgIpc) is 3.29. The summed E-state index contributed by atoms with van der Waals surface area (Å²) < 4.78 is 14.0. The van der Waals surface area contributed by atoms with Crippen LogP contribution in [0.3, 0.4) is 0 Å². The molecule has 0 spiro atoms. The summed E-state index contributed by atoms with van der Waals surface area (Å²) in [7, 11) is 3.93. The van der Waals surface area contributed by atoms with Crippen molar-refractivity contribution in [3.8, 4) is 0 Å². The highest BCUT2D eigenvalue weighted by Gasteiger charge is 2.32. The van der Waals surface area contributed by atoms with Gasteiger partial charge in [-0.1, -0.05) is 18.2 Å². The number of rotatable bonds is 7. The Balaban J connectivity index is 1.82. The summed E-state index contributed by atoms with van der Waals surface area (Å²) in [5, 5.41) is 0. The SMILES string of the molecule is CN(C)CCN(Cc1ccccc1F)C(=O)c1scnc1C1CC1. The van der Waals surface area contributed by atoms with Gasteiger partial charge in [-0.2, -0.15) is 0 Å². The normalized spacial score (nSPS) is 14.2. The number of carbonyl (C=O) groups excluding carboxylic acids is 1. The van der Waals surface area contributed by atoms with Gasteiger partial charge >= 0.3 is 0 Å². The van der Waals surface area contributed by atoms with Crippen LogP contribution in [0.5, 0.6) is 0 Å². The number of amides is 1. The number of carbonyl (C=O) groups is 1. The van der Waals surface area contributed by atoms with E-state index in [1.54, 1.807) is 28.6 Å². The third-order valence-corrected chi connectivity index (χ3v) is 5.01. The number of hydrogen-bond acceptors (Lipinski definition) is 4. The monoisotopic (exact) mass is 347 g/mol. The molecule has 1 aliphatic rings. The zero-order chi connectivity index (χ0) is 17.1. The van der Waals surface area contributed by atoms with E-state index in [2.05, 4.69) is 4.98 Å². The summed E-state index contributed by atoms with van der Waals surface area (Å²) >= 11 is 1.39. The average molecular weight is 347 g/mol. The largest absolute Gasteiger partial charge is 0.332 e. The molecule has 1 aromatic heterocycles. The molecule has 128 valence electrons. The Kier molecular flexibility index (Phi) is 5.26. The van der Waals surface area contributed by atoms with Gasteiger partial charge in [0.05, 0.1) is 11.2 Å². The highest BCUT2D eigenvalue weighted by Crippen LogP contribution is 2.42. The first kappa shape index (κ1) is 17.0. The molecule has 1 heterocycles. The van der Waals surface area contributed by atoms with Crippen molar-refractivity contribution >= 4 is 17.2 Å². The highest BCUT2D eigenvalue weighted by molar-refractivity contribution is 7.11. The van der Waals surface area contributed by atoms with E-state index >= 15 is 0 Å². The molecule has 1 saturated carbocycles. The van der Waals surface area contributed by atoms with Crippen molar-refractivity contribution in [3.05, 3.63) is 51.7 Å². The van der Waals surface area contributed by atoms with Gasteiger partial charge in [-0.05, 0) is 33.0 Å². The lowest BCUT2D eigenvalue weighted by Gasteiger charge is -2.24. The molecule has 6 heteroatoms. The summed E-state index contributed by atoms with van der Waals surface area (Å²) in [6, 6.07) is 6.64. The predicted octanol–water partition coefficient (Wildman–Crippen LogP) is 3.36. The minimum Gasteiger partial charge on any atom is -0.332 e. The summed E-state index contributed by atoms with van der Waals surface area (Å²) in [5.41, 5.74) is 3.21. The maximum Gasteiger partial charge on any atom is 0.266 e. The fraction of sp³-hybridized carbons (Fsp3) is 0.444. The van der Waals surface area contributed by atoms with Crippen LogP contribution >= 0.6 is 11.3 Å². The van der Waals surface area contributed by atoms with Gasteiger partial charge in [-0.25, -0.2) is 9.37 Å². The van der Waals surface area contributed by atoms with Crippen molar-refractivity contribution in [2.24, 2.45) is 0 Å². The van der Waals surface area contributed by atoms with Crippen LogP contribution in [0.2, 0.25) is 0 Å². The minimum absolute atomic E-state index is 0.0375. The van der Waals surface area contributed by atoms with Crippen LogP contribution in [0, 0.1) is 5.82 Å². The number of nitrogens with zero attached hydrogens (tertiary/aromatic N) is 3. The molecule has 0 N–H and O–H groups in total. The first-order chi connectivity index (χ1) is 11.6. The first-order valence-electron chi connectivity index (χ1n) is 8.17. The minimum atomic E-state index is -0.271. The fourth-order valence-electron chi connectivity index (χ4n) is 2.61. The third kappa shape index (κ3) is 3.99. The van der Waals surface area contributed by atoms with E-state index in [1.165, 1.54) is 17.4 Å². The smallest absolute Gasteiger partial charge is 0.266 e. The Morgan fingerprint density at radius 3 is 2.71 bits per heavy atom. The van der Waals surface area contributed by atoms with E-state index in [0.717, 1.165) is 25.1 Å². The van der Waals surface area contributed by atoms with Crippen molar-refractivity contribution in [1.82, 2.24) is 14.8 Å². The molecule has 2 aromatic rings. The van der Waals surface area contributed by atoms with Crippen LogP contribution in [-0.2, 0) is 6.54 Å². The Morgan fingerprint density at radius 2 is 2.04 bits per heavy atom. The molecule has 0 unspecified atom stereocenters. The molecular formula is C18H22FN3OS. The van der Waals surface area contributed by atoms with Crippen molar-refractivity contribution in [2.75, 3.05) is 27.2 Å². The lowest BCUT2D eigenvalue weighted by atomic mass is 10.1. The highest BCUT2D eigenvalue weighted by atomic mass is 32.1. The Morgan fingerprint density at radius 1 is 1.29 bits per heavy atom. The maximum atomic E-state index is 14.0. The molecule has 0 radical (unpaired) electrons. The summed E-state index contributed by atoms with van der Waals surface area (Å²) in [5.74, 6) is 0.121. The van der Waals surface area contributed by atoms with Gasteiger partial charge < -0.3 is 9.80 Å². The molecule has 1 aromatic carbocycles. The van der Waals surface area contributed by atoms with Crippen LogP contribution in [0.25, 0.3) is 0 Å². The number of benzene rings is 1. The Labute approximate surface area is 145 Å². The Hall–Kier alpha value is -1.79. The molecule has 1 amide bonds. The van der Waals surface area contributed by atoms with Crippen LogP contribution in [0.1, 0.15) is 39.7 Å². The van der Waals surface area contributed by atoms with Crippen LogP contribution in [0.15, 0.2) is 29.8 Å². The molecule has 0 bridgehead atoms. The second-order valence-corrected chi connectivity index (χ2v) is 7.32. The molecule has 3 rings (SSSR count). The van der Waals surface area contributed by atoms with Crippen molar-refractivity contribution in [3.63, 3.8) is 0 Å². The number of thiazole rings is 1. The molecule has 0 atom stereocenters. The molecular weight excluding hydrogens is 325 g/mol. The molecule has 24 heavy (non-hydrogen) atoms. The standard InChI is InChI=1S/C18H22FN3OS/c1-21(2)9-10-22(11-14-5-3-4-6-15(14)19)18(23)17-16(13-7-8-13)20-12-24-17/h3-6,12-13H,7-11H2,1-2H3. The molecule has 4 nitrogen and oxygen atoms in total. The van der Waals surface area contributed by atoms with E-state index in [0.29, 0.717) is 22.9 Å². The third-order valence-electron chi connectivity index (χ3n) is 4.18. The topological polar surface area (TPSA) is 36.4 Å². The second kappa shape index (κ2) is 7.40. The number of likely N-dealkylation sites (N-methyl/N-ethyl adjacent to an activating group) is 1. The summed E-state index contributed by atoms with van der Waals surface area (Å²) in [4.78, 5) is 21.9. The number of hydrogen-bond donors (Lipinski definition) is 0. The summed E-state index contributed by atoms with van der Waals surface area (Å²) in [6.45, 7) is 1.57. The van der Waals surface area contributed by atoms with E-state index in [-0.39, 0.29) is 18.3 Å². The Bertz CT molecular complexity index is 712. The zero-order valence-electron chi connectivity index (χ0n) is 14.0.